The minimum absolute atomic E-state index is 0.111. The van der Waals surface area contributed by atoms with Crippen molar-refractivity contribution in [2.75, 3.05) is 13.7 Å². The van der Waals surface area contributed by atoms with Gasteiger partial charge in [0.1, 0.15) is 11.2 Å². The van der Waals surface area contributed by atoms with Crippen LogP contribution in [0.2, 0.25) is 0 Å². The predicted octanol–water partition coefficient (Wildman–Crippen LogP) is 3.24. The molecule has 0 amide bonds. The second-order valence-corrected chi connectivity index (χ2v) is 5.19. The van der Waals surface area contributed by atoms with Crippen LogP contribution in [0.4, 0.5) is 0 Å². The summed E-state index contributed by atoms with van der Waals surface area (Å²) in [6.45, 7) is 5.88. The molecule has 0 saturated heterocycles. The van der Waals surface area contributed by atoms with Crippen LogP contribution in [0.1, 0.15) is 30.9 Å². The van der Waals surface area contributed by atoms with E-state index < -0.39 is 5.97 Å². The average Bonchev–Trinajstić information content (AvgIpc) is 2.38. The summed E-state index contributed by atoms with van der Waals surface area (Å²) in [5.41, 5.74) is 1.93. The summed E-state index contributed by atoms with van der Waals surface area (Å²) in [6.07, 6.45) is 0. The molecule has 0 bridgehead atoms. The van der Waals surface area contributed by atoms with Crippen LogP contribution in [0.5, 0.6) is 5.75 Å². The fourth-order valence-corrected chi connectivity index (χ4v) is 2.11. The molecular formula is C14H17NO3S. The number of methoxy groups -OCH3 is 1. The third kappa shape index (κ3) is 4.18. The van der Waals surface area contributed by atoms with Crippen LogP contribution in [0.15, 0.2) is 17.0 Å². The summed E-state index contributed by atoms with van der Waals surface area (Å²) < 4.78 is 10.1. The van der Waals surface area contributed by atoms with E-state index in [0.29, 0.717) is 5.75 Å². The monoisotopic (exact) mass is 279 g/mol. The molecule has 0 aromatic heterocycles. The van der Waals surface area contributed by atoms with E-state index in [1.54, 1.807) is 0 Å². The van der Waals surface area contributed by atoms with Crippen LogP contribution in [-0.2, 0) is 9.53 Å². The van der Waals surface area contributed by atoms with Crippen LogP contribution in [0, 0.1) is 17.6 Å². The number of carbonyl (C=O) groups excluding carboxylic acids is 1. The summed E-state index contributed by atoms with van der Waals surface area (Å²) in [6, 6.07) is 3.80. The number of hydrogen-bond donors (Lipinski definition) is 0. The number of nitrogens with zero attached hydrogens (tertiary/aromatic N) is 1. The number of carbonyl (C=O) groups is 1. The fourth-order valence-electron chi connectivity index (χ4n) is 1.61. The standard InChI is InChI=1S/C14H17NO3S/c1-9(2)11-6-13(19-8-15)10(3)5-12(11)18-7-14(16)17-4/h5-6,9H,7H2,1-4H3. The van der Waals surface area contributed by atoms with Crippen molar-refractivity contribution in [3.8, 4) is 11.2 Å². The van der Waals surface area contributed by atoms with Gasteiger partial charge in [-0.25, -0.2) is 4.79 Å². The molecule has 0 atom stereocenters. The quantitative estimate of drug-likeness (QED) is 0.470. The van der Waals surface area contributed by atoms with E-state index in [2.05, 4.69) is 10.1 Å². The summed E-state index contributed by atoms with van der Waals surface area (Å²) in [5.74, 6) is 0.495. The highest BCUT2D eigenvalue weighted by molar-refractivity contribution is 8.03. The van der Waals surface area contributed by atoms with E-state index in [0.717, 1.165) is 27.8 Å². The maximum Gasteiger partial charge on any atom is 0.343 e. The van der Waals surface area contributed by atoms with Crippen LogP contribution < -0.4 is 4.74 Å². The minimum atomic E-state index is -0.414. The van der Waals surface area contributed by atoms with Crippen molar-refractivity contribution in [1.29, 1.82) is 5.26 Å². The molecule has 0 saturated carbocycles. The number of thioether (sulfide) groups is 1. The SMILES string of the molecule is COC(=O)COc1cc(C)c(SC#N)cc1C(C)C. The lowest BCUT2D eigenvalue weighted by Gasteiger charge is -2.16. The van der Waals surface area contributed by atoms with E-state index in [4.69, 9.17) is 10.00 Å². The van der Waals surface area contributed by atoms with E-state index in [1.165, 1.54) is 7.11 Å². The molecule has 0 aliphatic heterocycles. The van der Waals surface area contributed by atoms with Gasteiger partial charge in [-0.2, -0.15) is 5.26 Å². The molecular weight excluding hydrogens is 262 g/mol. The number of thiocyanates is 1. The van der Waals surface area contributed by atoms with Crippen molar-refractivity contribution in [1.82, 2.24) is 0 Å². The Hall–Kier alpha value is -1.67. The highest BCUT2D eigenvalue weighted by Crippen LogP contribution is 2.33. The third-order valence-corrected chi connectivity index (χ3v) is 3.41. The normalized spacial score (nSPS) is 10.1. The Morgan fingerprint density at radius 2 is 2.16 bits per heavy atom. The van der Waals surface area contributed by atoms with Crippen molar-refractivity contribution < 1.29 is 14.3 Å². The molecule has 4 nitrogen and oxygen atoms in total. The highest BCUT2D eigenvalue weighted by atomic mass is 32.2. The zero-order valence-electron chi connectivity index (χ0n) is 11.5. The van der Waals surface area contributed by atoms with Gasteiger partial charge in [-0.05, 0) is 47.9 Å². The first kappa shape index (κ1) is 15.4. The summed E-state index contributed by atoms with van der Waals surface area (Å²) in [4.78, 5) is 12.0. The summed E-state index contributed by atoms with van der Waals surface area (Å²) in [7, 11) is 1.33. The van der Waals surface area contributed by atoms with Gasteiger partial charge in [-0.15, -0.1) is 0 Å². The zero-order valence-corrected chi connectivity index (χ0v) is 12.3. The van der Waals surface area contributed by atoms with Crippen molar-refractivity contribution in [2.24, 2.45) is 0 Å². The lowest BCUT2D eigenvalue weighted by atomic mass is 10.0. The molecule has 19 heavy (non-hydrogen) atoms. The Balaban J connectivity index is 3.05. The van der Waals surface area contributed by atoms with Gasteiger partial charge in [-0.3, -0.25) is 0 Å². The second-order valence-electron chi connectivity index (χ2n) is 4.37. The molecule has 5 heteroatoms. The number of esters is 1. The van der Waals surface area contributed by atoms with Crippen LogP contribution in [-0.4, -0.2) is 19.7 Å². The van der Waals surface area contributed by atoms with Gasteiger partial charge in [-0.1, -0.05) is 13.8 Å². The molecule has 1 aromatic rings. The lowest BCUT2D eigenvalue weighted by Crippen LogP contribution is -2.13. The molecule has 0 N–H and O–H groups in total. The average molecular weight is 279 g/mol. The van der Waals surface area contributed by atoms with Gasteiger partial charge in [0.15, 0.2) is 6.61 Å². The van der Waals surface area contributed by atoms with E-state index in [1.807, 2.05) is 32.9 Å². The number of aryl methyl sites for hydroxylation is 1. The molecule has 0 fully saturated rings. The first-order valence-electron chi connectivity index (χ1n) is 5.89. The zero-order chi connectivity index (χ0) is 14.4. The highest BCUT2D eigenvalue weighted by Gasteiger charge is 2.13. The maximum atomic E-state index is 11.1. The second kappa shape index (κ2) is 7.05. The van der Waals surface area contributed by atoms with Crippen LogP contribution >= 0.6 is 11.8 Å². The molecule has 1 aromatic carbocycles. The molecule has 0 heterocycles. The molecule has 102 valence electrons. The van der Waals surface area contributed by atoms with Gasteiger partial charge in [0, 0.05) is 4.90 Å². The molecule has 0 radical (unpaired) electrons. The largest absolute Gasteiger partial charge is 0.482 e. The van der Waals surface area contributed by atoms with E-state index in [9.17, 15) is 4.79 Å². The van der Waals surface area contributed by atoms with Crippen molar-refractivity contribution in [3.63, 3.8) is 0 Å². The topological polar surface area (TPSA) is 59.3 Å². The predicted molar refractivity (Wildman–Crippen MR) is 74.2 cm³/mol. The maximum absolute atomic E-state index is 11.1. The van der Waals surface area contributed by atoms with Crippen molar-refractivity contribution >= 4 is 17.7 Å². The Kier molecular flexibility index (Phi) is 5.71. The first-order valence-corrected chi connectivity index (χ1v) is 6.71. The van der Waals surface area contributed by atoms with Crippen LogP contribution in [0.25, 0.3) is 0 Å². The van der Waals surface area contributed by atoms with Gasteiger partial charge >= 0.3 is 5.97 Å². The number of ether oxygens (including phenoxy) is 2. The molecule has 0 aliphatic carbocycles. The minimum Gasteiger partial charge on any atom is -0.482 e. The first-order chi connectivity index (χ1) is 8.99. The van der Waals surface area contributed by atoms with E-state index >= 15 is 0 Å². The Morgan fingerprint density at radius 1 is 1.47 bits per heavy atom. The van der Waals surface area contributed by atoms with Gasteiger partial charge in [0.2, 0.25) is 0 Å². The summed E-state index contributed by atoms with van der Waals surface area (Å²) >= 11 is 1.13. The number of hydrogen-bond acceptors (Lipinski definition) is 5. The molecule has 0 spiro atoms. The van der Waals surface area contributed by atoms with Gasteiger partial charge in [0.05, 0.1) is 7.11 Å². The van der Waals surface area contributed by atoms with Crippen LogP contribution in [0.3, 0.4) is 0 Å². The van der Waals surface area contributed by atoms with Gasteiger partial charge < -0.3 is 9.47 Å². The van der Waals surface area contributed by atoms with Crippen molar-refractivity contribution in [2.45, 2.75) is 31.6 Å². The smallest absolute Gasteiger partial charge is 0.343 e. The molecule has 0 aliphatic rings. The Morgan fingerprint density at radius 3 is 2.68 bits per heavy atom. The van der Waals surface area contributed by atoms with E-state index in [-0.39, 0.29) is 12.5 Å². The van der Waals surface area contributed by atoms with Crippen molar-refractivity contribution in [3.05, 3.63) is 23.3 Å². The summed E-state index contributed by atoms with van der Waals surface area (Å²) in [5, 5.41) is 10.8. The molecule has 1 rings (SSSR count). The lowest BCUT2D eigenvalue weighted by molar-refractivity contribution is -0.142. The Labute approximate surface area is 117 Å². The van der Waals surface area contributed by atoms with Gasteiger partial charge in [0.25, 0.3) is 0 Å². The Bertz CT molecular complexity index is 506. The fraction of sp³-hybridized carbons (Fsp3) is 0.429. The number of rotatable bonds is 5. The number of benzene rings is 1. The number of nitriles is 1. The molecule has 0 unspecified atom stereocenters. The third-order valence-electron chi connectivity index (χ3n) is 2.66.